The SMILES string of the molecule is CCCN(CCC)C(=O)c1cc(Cl)cc(OCCN(C(=O)OC(C)(C)C)c2ccncc2)c1. The molecular formula is C25H34ClN3O4. The van der Waals surface area contributed by atoms with Crippen molar-refractivity contribution in [1.82, 2.24) is 9.88 Å². The van der Waals surface area contributed by atoms with Gasteiger partial charge < -0.3 is 14.4 Å². The van der Waals surface area contributed by atoms with Crippen molar-refractivity contribution in [3.05, 3.63) is 53.3 Å². The van der Waals surface area contributed by atoms with E-state index in [1.807, 2.05) is 39.5 Å². The number of anilines is 1. The van der Waals surface area contributed by atoms with Gasteiger partial charge in [-0.05, 0) is 63.9 Å². The van der Waals surface area contributed by atoms with E-state index in [0.717, 1.165) is 12.8 Å². The van der Waals surface area contributed by atoms with Gasteiger partial charge in [0.1, 0.15) is 18.0 Å². The second-order valence-electron chi connectivity index (χ2n) is 8.65. The predicted molar refractivity (Wildman–Crippen MR) is 131 cm³/mol. The number of aromatic nitrogens is 1. The highest BCUT2D eigenvalue weighted by Gasteiger charge is 2.23. The molecule has 33 heavy (non-hydrogen) atoms. The molecular weight excluding hydrogens is 442 g/mol. The highest BCUT2D eigenvalue weighted by molar-refractivity contribution is 6.31. The van der Waals surface area contributed by atoms with Crippen LogP contribution in [0.4, 0.5) is 10.5 Å². The molecule has 1 aromatic heterocycles. The largest absolute Gasteiger partial charge is 0.492 e. The van der Waals surface area contributed by atoms with Crippen LogP contribution < -0.4 is 9.64 Å². The lowest BCUT2D eigenvalue weighted by Gasteiger charge is -2.27. The van der Waals surface area contributed by atoms with Crippen molar-refractivity contribution in [3.63, 3.8) is 0 Å². The molecule has 2 aromatic rings. The Morgan fingerprint density at radius 2 is 1.64 bits per heavy atom. The number of hydrogen-bond donors (Lipinski definition) is 0. The zero-order valence-electron chi connectivity index (χ0n) is 20.1. The van der Waals surface area contributed by atoms with Crippen molar-refractivity contribution in [2.75, 3.05) is 31.1 Å². The Hall–Kier alpha value is -2.80. The lowest BCUT2D eigenvalue weighted by molar-refractivity contribution is 0.0575. The molecule has 2 rings (SSSR count). The maximum absolute atomic E-state index is 13.0. The van der Waals surface area contributed by atoms with E-state index in [9.17, 15) is 9.59 Å². The molecule has 0 N–H and O–H groups in total. The third-order valence-corrected chi connectivity index (χ3v) is 4.78. The van der Waals surface area contributed by atoms with Crippen molar-refractivity contribution >= 4 is 29.3 Å². The summed E-state index contributed by atoms with van der Waals surface area (Å²) in [5.41, 5.74) is 0.506. The molecule has 0 radical (unpaired) electrons. The van der Waals surface area contributed by atoms with Gasteiger partial charge in [0, 0.05) is 36.1 Å². The van der Waals surface area contributed by atoms with Gasteiger partial charge in [-0.25, -0.2) is 4.79 Å². The predicted octanol–water partition coefficient (Wildman–Crippen LogP) is 5.82. The molecule has 1 aromatic carbocycles. The number of carbonyl (C=O) groups excluding carboxylic acids is 2. The van der Waals surface area contributed by atoms with Gasteiger partial charge in [0.25, 0.3) is 5.91 Å². The highest BCUT2D eigenvalue weighted by Crippen LogP contribution is 2.23. The lowest BCUT2D eigenvalue weighted by atomic mass is 10.1. The summed E-state index contributed by atoms with van der Waals surface area (Å²) in [6.07, 6.45) is 4.51. The minimum absolute atomic E-state index is 0.0711. The van der Waals surface area contributed by atoms with Gasteiger partial charge in [-0.1, -0.05) is 25.4 Å². The summed E-state index contributed by atoms with van der Waals surface area (Å²) in [6, 6.07) is 8.47. The summed E-state index contributed by atoms with van der Waals surface area (Å²) >= 11 is 6.27. The number of carbonyl (C=O) groups is 2. The normalized spacial score (nSPS) is 11.1. The minimum Gasteiger partial charge on any atom is -0.492 e. The first-order valence-electron chi connectivity index (χ1n) is 11.3. The number of benzene rings is 1. The van der Waals surface area contributed by atoms with Crippen LogP contribution in [0.3, 0.4) is 0 Å². The third-order valence-electron chi connectivity index (χ3n) is 4.56. The smallest absolute Gasteiger partial charge is 0.414 e. The Morgan fingerprint density at radius 1 is 1.00 bits per heavy atom. The second-order valence-corrected chi connectivity index (χ2v) is 9.09. The zero-order chi connectivity index (χ0) is 24.4. The van der Waals surface area contributed by atoms with Gasteiger partial charge >= 0.3 is 6.09 Å². The first-order valence-corrected chi connectivity index (χ1v) is 11.7. The van der Waals surface area contributed by atoms with Crippen LogP contribution in [0.2, 0.25) is 5.02 Å². The number of nitrogens with zero attached hydrogens (tertiary/aromatic N) is 3. The Bertz CT molecular complexity index is 910. The number of rotatable bonds is 10. The van der Waals surface area contributed by atoms with E-state index in [2.05, 4.69) is 4.98 Å². The molecule has 0 aliphatic rings. The van der Waals surface area contributed by atoms with Crippen molar-refractivity contribution in [2.24, 2.45) is 0 Å². The molecule has 2 amide bonds. The molecule has 0 fully saturated rings. The van der Waals surface area contributed by atoms with Crippen molar-refractivity contribution < 1.29 is 19.1 Å². The average molecular weight is 476 g/mol. The fourth-order valence-electron chi connectivity index (χ4n) is 3.23. The van der Waals surface area contributed by atoms with E-state index >= 15 is 0 Å². The van der Waals surface area contributed by atoms with Crippen LogP contribution in [0.15, 0.2) is 42.7 Å². The molecule has 0 unspecified atom stereocenters. The van der Waals surface area contributed by atoms with Crippen LogP contribution in [0, 0.1) is 0 Å². The first-order chi connectivity index (χ1) is 15.6. The summed E-state index contributed by atoms with van der Waals surface area (Å²) in [4.78, 5) is 33.0. The van der Waals surface area contributed by atoms with Gasteiger partial charge in [0.2, 0.25) is 0 Å². The van der Waals surface area contributed by atoms with Crippen LogP contribution in [-0.2, 0) is 4.74 Å². The second kappa shape index (κ2) is 12.4. The van der Waals surface area contributed by atoms with E-state index in [-0.39, 0.29) is 19.1 Å². The number of hydrogen-bond acceptors (Lipinski definition) is 5. The van der Waals surface area contributed by atoms with E-state index < -0.39 is 11.7 Å². The standard InChI is InChI=1S/C25H34ClN3O4/c1-6-12-28(13-7-2)23(30)19-16-20(26)18-22(17-19)32-15-14-29(21-8-10-27-11-9-21)24(31)33-25(3,4)5/h8-11,16-18H,6-7,12-15H2,1-5H3. The van der Waals surface area contributed by atoms with Gasteiger partial charge in [-0.3, -0.25) is 14.7 Å². The molecule has 0 aliphatic heterocycles. The third kappa shape index (κ3) is 8.57. The van der Waals surface area contributed by atoms with Crippen molar-refractivity contribution in [1.29, 1.82) is 0 Å². The van der Waals surface area contributed by atoms with Gasteiger partial charge in [0.05, 0.1) is 12.2 Å². The van der Waals surface area contributed by atoms with Gasteiger partial charge in [-0.2, -0.15) is 0 Å². The molecule has 0 saturated heterocycles. The Labute approximate surface area is 201 Å². The molecule has 7 nitrogen and oxygen atoms in total. The summed E-state index contributed by atoms with van der Waals surface area (Å²) in [7, 11) is 0. The van der Waals surface area contributed by atoms with Crippen LogP contribution in [0.5, 0.6) is 5.75 Å². The number of pyridine rings is 1. The topological polar surface area (TPSA) is 72.0 Å². The molecule has 0 atom stereocenters. The first kappa shape index (κ1) is 26.5. The molecule has 0 bridgehead atoms. The fourth-order valence-corrected chi connectivity index (χ4v) is 3.45. The maximum Gasteiger partial charge on any atom is 0.414 e. The van der Waals surface area contributed by atoms with Crippen molar-refractivity contribution in [3.8, 4) is 5.75 Å². The Balaban J connectivity index is 2.13. The van der Waals surface area contributed by atoms with Crippen molar-refractivity contribution in [2.45, 2.75) is 53.1 Å². The van der Waals surface area contributed by atoms with Crippen LogP contribution >= 0.6 is 11.6 Å². The summed E-state index contributed by atoms with van der Waals surface area (Å²) in [6.45, 7) is 11.3. The average Bonchev–Trinajstić information content (AvgIpc) is 2.75. The Morgan fingerprint density at radius 3 is 2.21 bits per heavy atom. The molecule has 180 valence electrons. The van der Waals surface area contributed by atoms with E-state index in [1.165, 1.54) is 4.90 Å². The quantitative estimate of drug-likeness (QED) is 0.433. The summed E-state index contributed by atoms with van der Waals surface area (Å²) < 4.78 is 11.4. The maximum atomic E-state index is 13.0. The zero-order valence-corrected chi connectivity index (χ0v) is 20.9. The monoisotopic (exact) mass is 475 g/mol. The number of ether oxygens (including phenoxy) is 2. The fraction of sp³-hybridized carbons (Fsp3) is 0.480. The lowest BCUT2D eigenvalue weighted by Crippen LogP contribution is -2.39. The minimum atomic E-state index is -0.631. The number of amides is 2. The van der Waals surface area contributed by atoms with E-state index in [0.29, 0.717) is 35.1 Å². The van der Waals surface area contributed by atoms with E-state index in [4.69, 9.17) is 21.1 Å². The molecule has 8 heteroatoms. The number of halogens is 1. The van der Waals surface area contributed by atoms with Crippen LogP contribution in [0.25, 0.3) is 0 Å². The van der Waals surface area contributed by atoms with E-state index in [1.54, 1.807) is 42.7 Å². The molecule has 0 aliphatic carbocycles. The highest BCUT2D eigenvalue weighted by atomic mass is 35.5. The molecule has 1 heterocycles. The summed E-state index contributed by atoms with van der Waals surface area (Å²) in [5.74, 6) is 0.399. The molecule has 0 spiro atoms. The van der Waals surface area contributed by atoms with Crippen LogP contribution in [-0.4, -0.2) is 53.7 Å². The van der Waals surface area contributed by atoms with Gasteiger partial charge in [0.15, 0.2) is 0 Å². The summed E-state index contributed by atoms with van der Waals surface area (Å²) in [5, 5.41) is 0.418. The van der Waals surface area contributed by atoms with Gasteiger partial charge in [-0.15, -0.1) is 0 Å². The Kier molecular flexibility index (Phi) is 9.97. The van der Waals surface area contributed by atoms with Crippen LogP contribution in [0.1, 0.15) is 57.8 Å². The molecule has 0 saturated carbocycles.